The molecular formula is C22H21N3O3. The van der Waals surface area contributed by atoms with Gasteiger partial charge in [-0.05, 0) is 49.1 Å². The summed E-state index contributed by atoms with van der Waals surface area (Å²) in [6.45, 7) is 5.96. The topological polar surface area (TPSA) is 81.2 Å². The van der Waals surface area contributed by atoms with Gasteiger partial charge in [-0.15, -0.1) is 0 Å². The lowest BCUT2D eigenvalue weighted by Crippen LogP contribution is -2.16. The fraction of sp³-hybridized carbons (Fsp3) is 0.227. The summed E-state index contributed by atoms with van der Waals surface area (Å²) in [6.07, 6.45) is 3.23. The number of nitrogens with one attached hydrogen (secondary N) is 1. The maximum Gasteiger partial charge on any atom is 0.259 e. The second-order valence-corrected chi connectivity index (χ2v) is 6.59. The van der Waals surface area contributed by atoms with Crippen molar-refractivity contribution >= 4 is 22.7 Å². The normalized spacial score (nSPS) is 11.1. The van der Waals surface area contributed by atoms with E-state index in [2.05, 4.69) is 29.3 Å². The molecule has 0 aliphatic heterocycles. The Morgan fingerprint density at radius 2 is 1.86 bits per heavy atom. The van der Waals surface area contributed by atoms with E-state index in [0.29, 0.717) is 33.8 Å². The molecule has 0 atom stereocenters. The Labute approximate surface area is 162 Å². The summed E-state index contributed by atoms with van der Waals surface area (Å²) in [6, 6.07) is 11.4. The molecule has 0 saturated heterocycles. The number of furan rings is 1. The number of aryl methyl sites for hydroxylation is 3. The zero-order valence-corrected chi connectivity index (χ0v) is 16.1. The molecule has 6 heteroatoms. The van der Waals surface area contributed by atoms with Crippen LogP contribution in [0.4, 0.5) is 5.69 Å². The van der Waals surface area contributed by atoms with Crippen LogP contribution in [0.2, 0.25) is 0 Å². The SMILES string of the molecule is CCc1cccc(CC)c1NC(=O)c1cc(-c2ccco2)nc2onc(C)c12. The molecule has 0 spiro atoms. The van der Waals surface area contributed by atoms with Gasteiger partial charge in [-0.1, -0.05) is 37.2 Å². The second-order valence-electron chi connectivity index (χ2n) is 6.59. The van der Waals surface area contributed by atoms with E-state index in [1.54, 1.807) is 31.4 Å². The number of hydrogen-bond donors (Lipinski definition) is 1. The fourth-order valence-electron chi connectivity index (χ4n) is 3.41. The van der Waals surface area contributed by atoms with Crippen LogP contribution in [0.25, 0.3) is 22.6 Å². The number of anilines is 1. The maximum atomic E-state index is 13.3. The molecule has 4 aromatic rings. The number of para-hydroxylation sites is 1. The first-order valence-corrected chi connectivity index (χ1v) is 9.35. The summed E-state index contributed by atoms with van der Waals surface area (Å²) >= 11 is 0. The molecule has 1 N–H and O–H groups in total. The first kappa shape index (κ1) is 18.0. The lowest BCUT2D eigenvalue weighted by molar-refractivity contribution is 0.102. The van der Waals surface area contributed by atoms with Crippen LogP contribution in [0.3, 0.4) is 0 Å². The monoisotopic (exact) mass is 375 g/mol. The quantitative estimate of drug-likeness (QED) is 0.520. The summed E-state index contributed by atoms with van der Waals surface area (Å²) in [5.41, 5.74) is 5.00. The number of carbonyl (C=O) groups is 1. The molecule has 0 fully saturated rings. The van der Waals surface area contributed by atoms with Gasteiger partial charge in [0.2, 0.25) is 0 Å². The minimum Gasteiger partial charge on any atom is -0.463 e. The third-order valence-electron chi connectivity index (χ3n) is 4.87. The molecule has 0 bridgehead atoms. The van der Waals surface area contributed by atoms with Crippen molar-refractivity contribution in [2.45, 2.75) is 33.6 Å². The van der Waals surface area contributed by atoms with Gasteiger partial charge in [-0.3, -0.25) is 4.79 Å². The van der Waals surface area contributed by atoms with Crippen molar-refractivity contribution in [2.75, 3.05) is 5.32 Å². The molecular weight excluding hydrogens is 354 g/mol. The van der Waals surface area contributed by atoms with Crippen LogP contribution < -0.4 is 5.32 Å². The number of rotatable bonds is 5. The van der Waals surface area contributed by atoms with E-state index in [4.69, 9.17) is 8.94 Å². The van der Waals surface area contributed by atoms with Crippen LogP contribution in [0, 0.1) is 6.92 Å². The standard InChI is InChI=1S/C22H21N3O3/c1-4-14-8-6-9-15(5-2)20(14)24-21(26)16-12-17(18-10-7-11-27-18)23-22-19(16)13(3)25-28-22/h6-12H,4-5H2,1-3H3,(H,24,26). The van der Waals surface area contributed by atoms with Crippen molar-refractivity contribution in [3.8, 4) is 11.5 Å². The molecule has 28 heavy (non-hydrogen) atoms. The number of aromatic nitrogens is 2. The van der Waals surface area contributed by atoms with Crippen molar-refractivity contribution < 1.29 is 13.7 Å². The Balaban J connectivity index is 1.83. The molecule has 1 amide bonds. The third kappa shape index (κ3) is 3.07. The van der Waals surface area contributed by atoms with Crippen LogP contribution in [-0.4, -0.2) is 16.0 Å². The molecule has 0 aliphatic carbocycles. The Kier molecular flexibility index (Phi) is 4.69. The smallest absolute Gasteiger partial charge is 0.259 e. The lowest BCUT2D eigenvalue weighted by atomic mass is 10.0. The lowest BCUT2D eigenvalue weighted by Gasteiger charge is -2.15. The van der Waals surface area contributed by atoms with Crippen LogP contribution in [0.5, 0.6) is 0 Å². The highest BCUT2D eigenvalue weighted by molar-refractivity contribution is 6.13. The summed E-state index contributed by atoms with van der Waals surface area (Å²) < 4.78 is 10.8. The highest BCUT2D eigenvalue weighted by Crippen LogP contribution is 2.29. The largest absolute Gasteiger partial charge is 0.463 e. The third-order valence-corrected chi connectivity index (χ3v) is 4.87. The number of hydrogen-bond acceptors (Lipinski definition) is 5. The van der Waals surface area contributed by atoms with Crippen molar-refractivity contribution in [3.05, 3.63) is 65.0 Å². The molecule has 0 saturated carbocycles. The molecule has 4 rings (SSSR count). The Bertz CT molecular complexity index is 1120. The fourth-order valence-corrected chi connectivity index (χ4v) is 3.41. The molecule has 3 aromatic heterocycles. The number of pyridine rings is 1. The van der Waals surface area contributed by atoms with E-state index >= 15 is 0 Å². The minimum atomic E-state index is -0.220. The summed E-state index contributed by atoms with van der Waals surface area (Å²) in [7, 11) is 0. The molecule has 0 unspecified atom stereocenters. The predicted molar refractivity (Wildman–Crippen MR) is 107 cm³/mol. The van der Waals surface area contributed by atoms with Gasteiger partial charge < -0.3 is 14.3 Å². The Morgan fingerprint density at radius 1 is 1.11 bits per heavy atom. The first-order chi connectivity index (χ1) is 13.6. The Morgan fingerprint density at radius 3 is 2.50 bits per heavy atom. The zero-order chi connectivity index (χ0) is 19.7. The number of carbonyl (C=O) groups excluding carboxylic acids is 1. The summed E-state index contributed by atoms with van der Waals surface area (Å²) in [5, 5.41) is 7.71. The van der Waals surface area contributed by atoms with Crippen molar-refractivity contribution in [1.82, 2.24) is 10.1 Å². The number of amides is 1. The van der Waals surface area contributed by atoms with Crippen LogP contribution >= 0.6 is 0 Å². The molecule has 3 heterocycles. The van der Waals surface area contributed by atoms with Crippen molar-refractivity contribution in [3.63, 3.8) is 0 Å². The van der Waals surface area contributed by atoms with Gasteiger partial charge in [0.05, 0.1) is 22.9 Å². The van der Waals surface area contributed by atoms with Crippen LogP contribution in [0.15, 0.2) is 51.6 Å². The van der Waals surface area contributed by atoms with Crippen molar-refractivity contribution in [1.29, 1.82) is 0 Å². The number of benzene rings is 1. The Hall–Kier alpha value is -3.41. The molecule has 0 radical (unpaired) electrons. The van der Waals surface area contributed by atoms with Gasteiger partial charge in [-0.2, -0.15) is 0 Å². The number of nitrogens with zero attached hydrogens (tertiary/aromatic N) is 2. The van der Waals surface area contributed by atoms with E-state index in [-0.39, 0.29) is 5.91 Å². The van der Waals surface area contributed by atoms with E-state index < -0.39 is 0 Å². The van der Waals surface area contributed by atoms with Gasteiger partial charge in [0.1, 0.15) is 5.69 Å². The maximum absolute atomic E-state index is 13.3. The molecule has 0 aliphatic rings. The predicted octanol–water partition coefficient (Wildman–Crippen LogP) is 5.17. The summed E-state index contributed by atoms with van der Waals surface area (Å²) in [4.78, 5) is 17.8. The van der Waals surface area contributed by atoms with E-state index in [1.165, 1.54) is 0 Å². The van der Waals surface area contributed by atoms with E-state index in [9.17, 15) is 4.79 Å². The van der Waals surface area contributed by atoms with Gasteiger partial charge in [0.15, 0.2) is 5.76 Å². The molecule has 6 nitrogen and oxygen atoms in total. The second kappa shape index (κ2) is 7.31. The van der Waals surface area contributed by atoms with Gasteiger partial charge in [-0.25, -0.2) is 4.98 Å². The first-order valence-electron chi connectivity index (χ1n) is 9.35. The zero-order valence-electron chi connectivity index (χ0n) is 16.1. The average molecular weight is 375 g/mol. The summed E-state index contributed by atoms with van der Waals surface area (Å²) in [5.74, 6) is 0.343. The highest BCUT2D eigenvalue weighted by atomic mass is 16.5. The van der Waals surface area contributed by atoms with Gasteiger partial charge >= 0.3 is 0 Å². The van der Waals surface area contributed by atoms with Crippen molar-refractivity contribution in [2.24, 2.45) is 0 Å². The van der Waals surface area contributed by atoms with E-state index in [1.807, 2.05) is 18.2 Å². The van der Waals surface area contributed by atoms with Crippen LogP contribution in [0.1, 0.15) is 41.0 Å². The number of fused-ring (bicyclic) bond motifs is 1. The highest BCUT2D eigenvalue weighted by Gasteiger charge is 2.21. The van der Waals surface area contributed by atoms with Gasteiger partial charge in [0.25, 0.3) is 11.6 Å². The van der Waals surface area contributed by atoms with Crippen LogP contribution in [-0.2, 0) is 12.8 Å². The van der Waals surface area contributed by atoms with Gasteiger partial charge in [0, 0.05) is 5.69 Å². The average Bonchev–Trinajstić information content (AvgIpc) is 3.38. The molecule has 1 aromatic carbocycles. The van der Waals surface area contributed by atoms with E-state index in [0.717, 1.165) is 29.7 Å². The minimum absolute atomic E-state index is 0.220. The molecule has 142 valence electrons.